The second-order valence-corrected chi connectivity index (χ2v) is 4.52. The summed E-state index contributed by atoms with van der Waals surface area (Å²) >= 11 is 2.10. The van der Waals surface area contributed by atoms with Gasteiger partial charge >= 0.3 is 0 Å². The number of nitrogens with one attached hydrogen (secondary N) is 1. The fourth-order valence-electron chi connectivity index (χ4n) is 1.89. The fraction of sp³-hybridized carbons (Fsp3) is 1.00. The summed E-state index contributed by atoms with van der Waals surface area (Å²) < 4.78 is 0. The van der Waals surface area contributed by atoms with Crippen molar-refractivity contribution in [3.05, 3.63) is 0 Å². The van der Waals surface area contributed by atoms with E-state index in [0.717, 1.165) is 6.04 Å². The molecule has 2 nitrogen and oxygen atoms in total. The smallest absolute Gasteiger partial charge is 0.0233 e. The molecule has 2 aliphatic heterocycles. The summed E-state index contributed by atoms with van der Waals surface area (Å²) in [7, 11) is 0. The lowest BCUT2D eigenvalue weighted by Gasteiger charge is -2.31. The Labute approximate surface area is 72.7 Å². The van der Waals surface area contributed by atoms with E-state index in [0.29, 0.717) is 0 Å². The van der Waals surface area contributed by atoms with Crippen molar-refractivity contribution in [2.24, 2.45) is 0 Å². The minimum absolute atomic E-state index is 0.857. The molecule has 1 atom stereocenters. The van der Waals surface area contributed by atoms with E-state index in [1.165, 1.54) is 44.1 Å². The summed E-state index contributed by atoms with van der Waals surface area (Å²) in [5.74, 6) is 2.69. The van der Waals surface area contributed by atoms with E-state index >= 15 is 0 Å². The molecule has 2 saturated heterocycles. The third kappa shape index (κ3) is 1.89. The molecule has 0 aliphatic carbocycles. The van der Waals surface area contributed by atoms with Crippen LogP contribution in [0.25, 0.3) is 0 Å². The first-order chi connectivity index (χ1) is 5.47. The van der Waals surface area contributed by atoms with Gasteiger partial charge in [0.25, 0.3) is 0 Å². The average molecular weight is 172 g/mol. The van der Waals surface area contributed by atoms with Gasteiger partial charge in [0, 0.05) is 37.2 Å². The third-order valence-electron chi connectivity index (χ3n) is 2.60. The second kappa shape index (κ2) is 3.78. The molecule has 0 bridgehead atoms. The molecule has 2 aliphatic rings. The van der Waals surface area contributed by atoms with Crippen molar-refractivity contribution in [1.29, 1.82) is 0 Å². The summed E-state index contributed by atoms with van der Waals surface area (Å²) in [6, 6.07) is 0.857. The van der Waals surface area contributed by atoms with E-state index in [1.807, 2.05) is 0 Å². The number of hydrogen-bond acceptors (Lipinski definition) is 3. The summed E-state index contributed by atoms with van der Waals surface area (Å²) in [5, 5.41) is 3.42. The van der Waals surface area contributed by atoms with Crippen molar-refractivity contribution < 1.29 is 0 Å². The molecule has 2 fully saturated rings. The molecule has 0 aromatic rings. The van der Waals surface area contributed by atoms with Crippen LogP contribution in [0.4, 0.5) is 0 Å². The van der Waals surface area contributed by atoms with Crippen LogP contribution in [0.5, 0.6) is 0 Å². The summed E-state index contributed by atoms with van der Waals surface area (Å²) in [6.07, 6.45) is 1.37. The molecule has 0 amide bonds. The molecular weight excluding hydrogens is 156 g/mol. The molecular formula is C8H16N2S. The van der Waals surface area contributed by atoms with E-state index < -0.39 is 0 Å². The third-order valence-corrected chi connectivity index (χ3v) is 3.54. The van der Waals surface area contributed by atoms with E-state index in [2.05, 4.69) is 22.0 Å². The number of nitrogens with zero attached hydrogens (tertiary/aromatic N) is 1. The van der Waals surface area contributed by atoms with Gasteiger partial charge in [0.05, 0.1) is 0 Å². The van der Waals surface area contributed by atoms with Crippen LogP contribution < -0.4 is 5.32 Å². The molecule has 0 aromatic heterocycles. The lowest BCUT2D eigenvalue weighted by Crippen LogP contribution is -2.42. The highest BCUT2D eigenvalue weighted by molar-refractivity contribution is 7.99. The molecule has 0 spiro atoms. The Morgan fingerprint density at radius 3 is 2.73 bits per heavy atom. The van der Waals surface area contributed by atoms with Crippen LogP contribution in [-0.4, -0.2) is 48.6 Å². The van der Waals surface area contributed by atoms with E-state index in [4.69, 9.17) is 0 Å². The first-order valence-electron chi connectivity index (χ1n) is 4.49. The highest BCUT2D eigenvalue weighted by Gasteiger charge is 2.23. The maximum Gasteiger partial charge on any atom is 0.0233 e. The van der Waals surface area contributed by atoms with Gasteiger partial charge in [-0.15, -0.1) is 0 Å². The van der Waals surface area contributed by atoms with Crippen LogP contribution in [0.2, 0.25) is 0 Å². The van der Waals surface area contributed by atoms with Crippen LogP contribution in [0, 0.1) is 0 Å². The predicted molar refractivity (Wildman–Crippen MR) is 50.2 cm³/mol. The number of thioether (sulfide) groups is 1. The zero-order valence-electron chi connectivity index (χ0n) is 6.88. The van der Waals surface area contributed by atoms with E-state index in [-0.39, 0.29) is 0 Å². The molecule has 2 rings (SSSR count). The van der Waals surface area contributed by atoms with Gasteiger partial charge in [-0.1, -0.05) is 0 Å². The van der Waals surface area contributed by atoms with Gasteiger partial charge in [-0.2, -0.15) is 11.8 Å². The van der Waals surface area contributed by atoms with Crippen LogP contribution in [0.1, 0.15) is 6.42 Å². The van der Waals surface area contributed by atoms with Crippen molar-refractivity contribution in [3.8, 4) is 0 Å². The molecule has 0 aromatic carbocycles. The highest BCUT2D eigenvalue weighted by atomic mass is 32.2. The monoisotopic (exact) mass is 172 g/mol. The molecule has 11 heavy (non-hydrogen) atoms. The standard InChI is InChI=1S/C8H16N2S/c1-2-9-7-8(1)10-3-5-11-6-4-10/h8-9H,1-7H2. The van der Waals surface area contributed by atoms with Crippen molar-refractivity contribution in [2.45, 2.75) is 12.5 Å². The summed E-state index contributed by atoms with van der Waals surface area (Å²) in [4.78, 5) is 2.65. The minimum atomic E-state index is 0.857. The van der Waals surface area contributed by atoms with Crippen LogP contribution in [-0.2, 0) is 0 Å². The van der Waals surface area contributed by atoms with Crippen LogP contribution in [0.3, 0.4) is 0 Å². The summed E-state index contributed by atoms with van der Waals surface area (Å²) in [5.41, 5.74) is 0. The predicted octanol–water partition coefficient (Wildman–Crippen LogP) is 0.397. The maximum absolute atomic E-state index is 3.42. The molecule has 0 radical (unpaired) electrons. The summed E-state index contributed by atoms with van der Waals surface area (Å²) in [6.45, 7) is 5.09. The first-order valence-corrected chi connectivity index (χ1v) is 5.65. The normalized spacial score (nSPS) is 34.4. The Morgan fingerprint density at radius 1 is 1.27 bits per heavy atom. The number of hydrogen-bond donors (Lipinski definition) is 1. The molecule has 3 heteroatoms. The largest absolute Gasteiger partial charge is 0.315 e. The Kier molecular flexibility index (Phi) is 2.72. The topological polar surface area (TPSA) is 15.3 Å². The molecule has 0 saturated carbocycles. The Bertz CT molecular complexity index is 117. The second-order valence-electron chi connectivity index (χ2n) is 3.29. The zero-order chi connectivity index (χ0) is 7.52. The Balaban J connectivity index is 1.82. The zero-order valence-corrected chi connectivity index (χ0v) is 7.70. The van der Waals surface area contributed by atoms with Crippen molar-refractivity contribution in [1.82, 2.24) is 10.2 Å². The van der Waals surface area contributed by atoms with Gasteiger partial charge in [0.1, 0.15) is 0 Å². The van der Waals surface area contributed by atoms with Gasteiger partial charge in [0.2, 0.25) is 0 Å². The minimum Gasteiger partial charge on any atom is -0.315 e. The maximum atomic E-state index is 3.42. The molecule has 1 N–H and O–H groups in total. The van der Waals surface area contributed by atoms with Crippen molar-refractivity contribution in [3.63, 3.8) is 0 Å². The SMILES string of the molecule is C1CC(N2CCSCC2)CN1. The van der Waals surface area contributed by atoms with E-state index in [1.54, 1.807) is 0 Å². The van der Waals surface area contributed by atoms with Crippen molar-refractivity contribution >= 4 is 11.8 Å². The first kappa shape index (κ1) is 7.90. The van der Waals surface area contributed by atoms with Gasteiger partial charge in [-0.25, -0.2) is 0 Å². The van der Waals surface area contributed by atoms with Gasteiger partial charge < -0.3 is 5.32 Å². The van der Waals surface area contributed by atoms with Gasteiger partial charge in [-0.3, -0.25) is 4.90 Å². The lowest BCUT2D eigenvalue weighted by atomic mass is 10.2. The average Bonchev–Trinajstić information content (AvgIpc) is 2.58. The Morgan fingerprint density at radius 2 is 2.09 bits per heavy atom. The van der Waals surface area contributed by atoms with Crippen LogP contribution >= 0.6 is 11.8 Å². The molecule has 2 heterocycles. The van der Waals surface area contributed by atoms with Gasteiger partial charge in [0.15, 0.2) is 0 Å². The number of rotatable bonds is 1. The van der Waals surface area contributed by atoms with E-state index in [9.17, 15) is 0 Å². The van der Waals surface area contributed by atoms with Crippen LogP contribution in [0.15, 0.2) is 0 Å². The fourth-order valence-corrected chi connectivity index (χ4v) is 2.83. The van der Waals surface area contributed by atoms with Gasteiger partial charge in [-0.05, 0) is 13.0 Å². The highest BCUT2D eigenvalue weighted by Crippen LogP contribution is 2.15. The lowest BCUT2D eigenvalue weighted by molar-refractivity contribution is 0.230. The van der Waals surface area contributed by atoms with Crippen molar-refractivity contribution in [2.75, 3.05) is 37.7 Å². The molecule has 64 valence electrons. The molecule has 1 unspecified atom stereocenters. The quantitative estimate of drug-likeness (QED) is 0.616. The Hall–Kier alpha value is 0.270.